The molecule has 0 unspecified atom stereocenters. The van der Waals surface area contributed by atoms with Crippen molar-refractivity contribution >= 4 is 17.5 Å². The van der Waals surface area contributed by atoms with Crippen LogP contribution in [-0.2, 0) is 16.0 Å². The lowest BCUT2D eigenvalue weighted by molar-refractivity contribution is -0.136. The van der Waals surface area contributed by atoms with Gasteiger partial charge in [-0.1, -0.05) is 31.5 Å². The molecule has 1 aliphatic rings. The van der Waals surface area contributed by atoms with Crippen LogP contribution in [0.15, 0.2) is 24.3 Å². The smallest absolute Gasteiger partial charge is 0.313 e. The summed E-state index contributed by atoms with van der Waals surface area (Å²) in [5.41, 5.74) is 1.75. The first-order chi connectivity index (χ1) is 11.1. The lowest BCUT2D eigenvalue weighted by Crippen LogP contribution is -2.43. The second kappa shape index (κ2) is 8.67. The maximum atomic E-state index is 12.1. The van der Waals surface area contributed by atoms with Gasteiger partial charge in [-0.3, -0.25) is 9.59 Å². The molecule has 0 radical (unpaired) electrons. The van der Waals surface area contributed by atoms with Crippen LogP contribution in [0.25, 0.3) is 0 Å². The third-order valence-electron chi connectivity index (χ3n) is 4.43. The lowest BCUT2D eigenvalue weighted by atomic mass is 9.86. The number of aryl methyl sites for hydroxylation is 1. The maximum absolute atomic E-state index is 12.1. The number of rotatable bonds is 5. The molecule has 1 saturated carbocycles. The highest BCUT2D eigenvalue weighted by atomic mass is 16.3. The highest BCUT2D eigenvalue weighted by Crippen LogP contribution is 2.23. The number of carbonyl (C=O) groups excluding carboxylic acids is 2. The van der Waals surface area contributed by atoms with Crippen molar-refractivity contribution in [3.8, 4) is 0 Å². The Bertz CT molecular complexity index is 537. The molecular weight excluding hydrogens is 292 g/mol. The third-order valence-corrected chi connectivity index (χ3v) is 4.43. The zero-order valence-electron chi connectivity index (χ0n) is 13.7. The molecule has 0 atom stereocenters. The summed E-state index contributed by atoms with van der Waals surface area (Å²) < 4.78 is 0. The first kappa shape index (κ1) is 17.5. The summed E-state index contributed by atoms with van der Waals surface area (Å²) >= 11 is 0. The molecule has 0 heterocycles. The molecule has 0 aliphatic heterocycles. The molecule has 23 heavy (non-hydrogen) atoms. The highest BCUT2D eigenvalue weighted by molar-refractivity contribution is 6.39. The topological polar surface area (TPSA) is 78.4 Å². The Morgan fingerprint density at radius 2 is 1.83 bits per heavy atom. The van der Waals surface area contributed by atoms with Gasteiger partial charge in [-0.25, -0.2) is 0 Å². The number of para-hydroxylation sites is 1. The lowest BCUT2D eigenvalue weighted by Gasteiger charge is -2.27. The second-order valence-corrected chi connectivity index (χ2v) is 6.23. The predicted octanol–water partition coefficient (Wildman–Crippen LogP) is 2.24. The Kier molecular flexibility index (Phi) is 6.59. The second-order valence-electron chi connectivity index (χ2n) is 6.23. The van der Waals surface area contributed by atoms with Crippen LogP contribution in [0.4, 0.5) is 5.69 Å². The molecule has 0 bridgehead atoms. The summed E-state index contributed by atoms with van der Waals surface area (Å²) in [7, 11) is 0. The Hall–Kier alpha value is -1.88. The number of hydrogen-bond donors (Lipinski definition) is 3. The van der Waals surface area contributed by atoms with E-state index >= 15 is 0 Å². The van der Waals surface area contributed by atoms with Crippen LogP contribution < -0.4 is 10.6 Å². The molecule has 1 aliphatic carbocycles. The van der Waals surface area contributed by atoms with Crippen molar-refractivity contribution in [2.75, 3.05) is 11.9 Å². The Morgan fingerprint density at radius 3 is 2.48 bits per heavy atom. The fourth-order valence-corrected chi connectivity index (χ4v) is 3.05. The number of benzene rings is 1. The van der Waals surface area contributed by atoms with E-state index in [4.69, 9.17) is 5.11 Å². The van der Waals surface area contributed by atoms with E-state index in [2.05, 4.69) is 17.6 Å². The van der Waals surface area contributed by atoms with E-state index in [9.17, 15) is 9.59 Å². The van der Waals surface area contributed by atoms with Gasteiger partial charge < -0.3 is 15.7 Å². The van der Waals surface area contributed by atoms with E-state index < -0.39 is 11.8 Å². The molecule has 5 nitrogen and oxygen atoms in total. The molecule has 126 valence electrons. The zero-order chi connectivity index (χ0) is 16.7. The number of amides is 2. The normalized spacial score (nSPS) is 20.8. The SMILES string of the molecule is CCCc1ccccc1NC(=O)C(=O)NC1CCC(CO)CC1. The average Bonchev–Trinajstić information content (AvgIpc) is 2.57. The summed E-state index contributed by atoms with van der Waals surface area (Å²) in [6.07, 6.45) is 5.26. The summed E-state index contributed by atoms with van der Waals surface area (Å²) in [6, 6.07) is 7.60. The molecule has 0 spiro atoms. The molecule has 1 fully saturated rings. The molecule has 2 rings (SSSR count). The predicted molar refractivity (Wildman–Crippen MR) is 90.0 cm³/mol. The van der Waals surface area contributed by atoms with E-state index in [-0.39, 0.29) is 12.6 Å². The van der Waals surface area contributed by atoms with Crippen molar-refractivity contribution in [2.24, 2.45) is 5.92 Å². The first-order valence-corrected chi connectivity index (χ1v) is 8.44. The van der Waals surface area contributed by atoms with E-state index in [1.807, 2.05) is 24.3 Å². The first-order valence-electron chi connectivity index (χ1n) is 8.44. The number of nitrogens with one attached hydrogen (secondary N) is 2. The minimum atomic E-state index is -0.613. The number of carbonyl (C=O) groups is 2. The Labute approximate surface area is 137 Å². The Morgan fingerprint density at radius 1 is 1.13 bits per heavy atom. The van der Waals surface area contributed by atoms with E-state index in [0.717, 1.165) is 44.1 Å². The van der Waals surface area contributed by atoms with Crippen LogP contribution in [0.3, 0.4) is 0 Å². The maximum Gasteiger partial charge on any atom is 0.313 e. The van der Waals surface area contributed by atoms with Crippen molar-refractivity contribution in [1.82, 2.24) is 5.32 Å². The van der Waals surface area contributed by atoms with Crippen molar-refractivity contribution in [3.05, 3.63) is 29.8 Å². The van der Waals surface area contributed by atoms with Gasteiger partial charge in [-0.05, 0) is 49.7 Å². The van der Waals surface area contributed by atoms with Crippen LogP contribution in [0.2, 0.25) is 0 Å². The molecule has 3 N–H and O–H groups in total. The Balaban J connectivity index is 1.87. The minimum absolute atomic E-state index is 0.0296. The number of anilines is 1. The van der Waals surface area contributed by atoms with Crippen LogP contribution in [0, 0.1) is 5.92 Å². The van der Waals surface area contributed by atoms with Crippen LogP contribution in [-0.4, -0.2) is 29.6 Å². The van der Waals surface area contributed by atoms with Crippen LogP contribution >= 0.6 is 0 Å². The van der Waals surface area contributed by atoms with Gasteiger partial charge in [0, 0.05) is 18.3 Å². The van der Waals surface area contributed by atoms with Gasteiger partial charge in [0.1, 0.15) is 0 Å². The third kappa shape index (κ3) is 5.06. The average molecular weight is 318 g/mol. The van der Waals surface area contributed by atoms with E-state index in [1.165, 1.54) is 0 Å². The summed E-state index contributed by atoms with van der Waals surface area (Å²) in [5.74, 6) is -0.862. The minimum Gasteiger partial charge on any atom is -0.396 e. The number of hydrogen-bond acceptors (Lipinski definition) is 3. The van der Waals surface area contributed by atoms with Crippen molar-refractivity contribution in [3.63, 3.8) is 0 Å². The van der Waals surface area contributed by atoms with Gasteiger partial charge in [0.05, 0.1) is 0 Å². The van der Waals surface area contributed by atoms with Gasteiger partial charge in [0.2, 0.25) is 0 Å². The van der Waals surface area contributed by atoms with Crippen molar-refractivity contribution < 1.29 is 14.7 Å². The van der Waals surface area contributed by atoms with Crippen molar-refractivity contribution in [2.45, 2.75) is 51.5 Å². The fourth-order valence-electron chi connectivity index (χ4n) is 3.05. The van der Waals surface area contributed by atoms with Crippen LogP contribution in [0.1, 0.15) is 44.6 Å². The molecule has 5 heteroatoms. The molecule has 0 aromatic heterocycles. The van der Waals surface area contributed by atoms with Crippen molar-refractivity contribution in [1.29, 1.82) is 0 Å². The van der Waals surface area contributed by atoms with E-state index in [1.54, 1.807) is 0 Å². The fraction of sp³-hybridized carbons (Fsp3) is 0.556. The van der Waals surface area contributed by atoms with Gasteiger partial charge >= 0.3 is 11.8 Å². The highest BCUT2D eigenvalue weighted by Gasteiger charge is 2.24. The quantitative estimate of drug-likeness (QED) is 0.729. The molecule has 0 saturated heterocycles. The summed E-state index contributed by atoms with van der Waals surface area (Å²) in [4.78, 5) is 24.2. The molecule has 2 amide bonds. The van der Waals surface area contributed by atoms with Gasteiger partial charge in [0.25, 0.3) is 0 Å². The summed E-state index contributed by atoms with van der Waals surface area (Å²) in [5, 5.41) is 14.6. The van der Waals surface area contributed by atoms with Gasteiger partial charge in [-0.15, -0.1) is 0 Å². The standard InChI is InChI=1S/C18H26N2O3/c1-2-5-14-6-3-4-7-16(14)20-18(23)17(22)19-15-10-8-13(12-21)9-11-15/h3-4,6-7,13,15,21H,2,5,8-12H2,1H3,(H,19,22)(H,20,23). The van der Waals surface area contributed by atoms with Gasteiger partial charge in [-0.2, -0.15) is 0 Å². The monoisotopic (exact) mass is 318 g/mol. The number of aliphatic hydroxyl groups excluding tert-OH is 1. The van der Waals surface area contributed by atoms with Crippen LogP contribution in [0.5, 0.6) is 0 Å². The molecular formula is C18H26N2O3. The largest absolute Gasteiger partial charge is 0.396 e. The number of aliphatic hydroxyl groups is 1. The van der Waals surface area contributed by atoms with E-state index in [0.29, 0.717) is 11.6 Å². The van der Waals surface area contributed by atoms with Gasteiger partial charge in [0.15, 0.2) is 0 Å². The summed E-state index contributed by atoms with van der Waals surface area (Å²) in [6.45, 7) is 2.28. The molecule has 1 aromatic rings. The molecule has 1 aromatic carbocycles. The zero-order valence-corrected chi connectivity index (χ0v) is 13.7.